The molecule has 0 spiro atoms. The van der Waals surface area contributed by atoms with Crippen molar-refractivity contribution < 1.29 is 14.3 Å². The number of hydrogen-bond donors (Lipinski definition) is 1. The monoisotopic (exact) mass is 520 g/mol. The van der Waals surface area contributed by atoms with E-state index in [4.69, 9.17) is 9.72 Å². The van der Waals surface area contributed by atoms with Crippen LogP contribution in [-0.4, -0.2) is 24.0 Å². The van der Waals surface area contributed by atoms with Gasteiger partial charge in [-0.25, -0.2) is 9.78 Å². The van der Waals surface area contributed by atoms with Crippen molar-refractivity contribution in [1.82, 2.24) is 4.98 Å². The minimum atomic E-state index is -0.404. The summed E-state index contributed by atoms with van der Waals surface area (Å²) >= 11 is 4.99. The second-order valence-corrected chi connectivity index (χ2v) is 9.96. The predicted molar refractivity (Wildman–Crippen MR) is 135 cm³/mol. The second kappa shape index (κ2) is 9.08. The first-order valence-electron chi connectivity index (χ1n) is 10.7. The molecule has 0 saturated carbocycles. The van der Waals surface area contributed by atoms with E-state index in [1.807, 2.05) is 54.6 Å². The molecule has 2 aromatic heterocycles. The quantitative estimate of drug-likeness (QED) is 0.306. The first-order chi connectivity index (χ1) is 16.0. The number of ether oxygens (including phenoxy) is 1. The van der Waals surface area contributed by atoms with Gasteiger partial charge in [-0.2, -0.15) is 0 Å². The van der Waals surface area contributed by atoms with Crippen LogP contribution in [0.3, 0.4) is 0 Å². The molecule has 1 N–H and O–H groups in total. The van der Waals surface area contributed by atoms with Crippen LogP contribution < -0.4 is 5.32 Å². The molecule has 5 nitrogen and oxygen atoms in total. The smallest absolute Gasteiger partial charge is 0.341 e. The number of carbonyl (C=O) groups excluding carboxylic acids is 2. The Kier molecular flexibility index (Phi) is 6.00. The van der Waals surface area contributed by atoms with Crippen LogP contribution in [0.1, 0.15) is 44.0 Å². The zero-order valence-electron chi connectivity index (χ0n) is 18.0. The van der Waals surface area contributed by atoms with Crippen LogP contribution >= 0.6 is 27.3 Å². The van der Waals surface area contributed by atoms with Crippen molar-refractivity contribution in [3.05, 3.63) is 80.6 Å². The molecule has 33 heavy (non-hydrogen) atoms. The number of thiophene rings is 1. The fourth-order valence-electron chi connectivity index (χ4n) is 4.30. The van der Waals surface area contributed by atoms with E-state index in [-0.39, 0.29) is 5.91 Å². The summed E-state index contributed by atoms with van der Waals surface area (Å²) in [5.41, 5.74) is 4.38. The highest BCUT2D eigenvalue weighted by molar-refractivity contribution is 9.10. The van der Waals surface area contributed by atoms with Crippen molar-refractivity contribution in [2.45, 2.75) is 25.7 Å². The lowest BCUT2D eigenvalue weighted by molar-refractivity contribution is 0.0601. The molecule has 7 heteroatoms. The van der Waals surface area contributed by atoms with Crippen LogP contribution in [0.5, 0.6) is 0 Å². The van der Waals surface area contributed by atoms with Gasteiger partial charge in [-0.15, -0.1) is 11.3 Å². The van der Waals surface area contributed by atoms with E-state index < -0.39 is 5.97 Å². The highest BCUT2D eigenvalue weighted by Gasteiger charge is 2.27. The fourth-order valence-corrected chi connectivity index (χ4v) is 5.97. The number of benzene rings is 2. The summed E-state index contributed by atoms with van der Waals surface area (Å²) in [6.07, 6.45) is 3.88. The third-order valence-electron chi connectivity index (χ3n) is 5.87. The van der Waals surface area contributed by atoms with Crippen molar-refractivity contribution in [3.8, 4) is 11.3 Å². The molecule has 2 heterocycles. The molecule has 0 unspecified atom stereocenters. The maximum Gasteiger partial charge on any atom is 0.341 e. The van der Waals surface area contributed by atoms with Gasteiger partial charge in [0.25, 0.3) is 5.91 Å². The Bertz CT molecular complexity index is 1400. The Morgan fingerprint density at radius 2 is 1.88 bits per heavy atom. The van der Waals surface area contributed by atoms with Crippen molar-refractivity contribution in [3.63, 3.8) is 0 Å². The van der Waals surface area contributed by atoms with Gasteiger partial charge < -0.3 is 10.1 Å². The summed E-state index contributed by atoms with van der Waals surface area (Å²) in [4.78, 5) is 32.1. The van der Waals surface area contributed by atoms with E-state index in [0.717, 1.165) is 57.1 Å². The van der Waals surface area contributed by atoms with E-state index in [1.54, 1.807) is 0 Å². The number of rotatable bonds is 4. The zero-order valence-corrected chi connectivity index (χ0v) is 20.4. The first-order valence-corrected chi connectivity index (χ1v) is 12.4. The number of esters is 1. The Morgan fingerprint density at radius 1 is 1.06 bits per heavy atom. The number of aryl methyl sites for hydroxylation is 1. The largest absolute Gasteiger partial charge is 0.465 e. The molecule has 0 bridgehead atoms. The lowest BCUT2D eigenvalue weighted by atomic mass is 9.95. The summed E-state index contributed by atoms with van der Waals surface area (Å²) < 4.78 is 5.99. The lowest BCUT2D eigenvalue weighted by Crippen LogP contribution is -2.16. The maximum absolute atomic E-state index is 13.6. The van der Waals surface area contributed by atoms with Crippen LogP contribution in [0, 0.1) is 0 Å². The number of amides is 1. The van der Waals surface area contributed by atoms with Crippen molar-refractivity contribution in [2.24, 2.45) is 0 Å². The van der Waals surface area contributed by atoms with Gasteiger partial charge in [-0.3, -0.25) is 4.79 Å². The third-order valence-corrected chi connectivity index (χ3v) is 7.57. The SMILES string of the molecule is COC(=O)c1c(NC(=O)c2cc(-c3cccc(Br)c3)nc3ccccc23)sc2c1CCCC2. The standard InChI is InChI=1S/C26H21BrN2O3S/c1-32-26(31)23-18-10-3-5-12-22(18)33-25(23)29-24(30)19-14-21(15-7-6-8-16(27)13-15)28-20-11-4-2-9-17(19)20/h2,4,6-9,11,13-14H,3,5,10,12H2,1H3,(H,29,30). The van der Waals surface area contributed by atoms with Crippen molar-refractivity contribution in [1.29, 1.82) is 0 Å². The molecule has 0 atom stereocenters. The molecule has 0 radical (unpaired) electrons. The Balaban J connectivity index is 1.60. The van der Waals surface area contributed by atoms with E-state index >= 15 is 0 Å². The number of aromatic nitrogens is 1. The van der Waals surface area contributed by atoms with Crippen LogP contribution in [0.4, 0.5) is 5.00 Å². The highest BCUT2D eigenvalue weighted by atomic mass is 79.9. The molecule has 0 fully saturated rings. The van der Waals surface area contributed by atoms with Gasteiger partial charge in [0.1, 0.15) is 5.00 Å². The van der Waals surface area contributed by atoms with E-state index in [2.05, 4.69) is 21.2 Å². The predicted octanol–water partition coefficient (Wildman–Crippen LogP) is 6.64. The first kappa shape index (κ1) is 21.8. The lowest BCUT2D eigenvalue weighted by Gasteiger charge is -2.12. The van der Waals surface area contributed by atoms with Crippen LogP contribution in [0.2, 0.25) is 0 Å². The van der Waals surface area contributed by atoms with E-state index in [0.29, 0.717) is 21.8 Å². The third kappa shape index (κ3) is 4.18. The molecule has 1 amide bonds. The number of anilines is 1. The minimum Gasteiger partial charge on any atom is -0.465 e. The summed E-state index contributed by atoms with van der Waals surface area (Å²) in [5.74, 6) is -0.673. The van der Waals surface area contributed by atoms with Crippen LogP contribution in [-0.2, 0) is 17.6 Å². The average Bonchev–Trinajstić information content (AvgIpc) is 3.20. The van der Waals surface area contributed by atoms with Gasteiger partial charge in [-0.05, 0) is 55.5 Å². The topological polar surface area (TPSA) is 68.3 Å². The molecule has 4 aromatic rings. The highest BCUT2D eigenvalue weighted by Crippen LogP contribution is 2.39. The molecular formula is C26H21BrN2O3S. The molecule has 166 valence electrons. The van der Waals surface area contributed by atoms with Gasteiger partial charge in [0.2, 0.25) is 0 Å². The molecule has 5 rings (SSSR count). The Labute approximate surface area is 203 Å². The number of nitrogens with one attached hydrogen (secondary N) is 1. The Hall–Kier alpha value is -3.03. The molecular weight excluding hydrogens is 500 g/mol. The number of pyridine rings is 1. The number of methoxy groups -OCH3 is 1. The number of para-hydroxylation sites is 1. The average molecular weight is 521 g/mol. The van der Waals surface area contributed by atoms with Gasteiger partial charge in [0, 0.05) is 20.3 Å². The summed E-state index contributed by atoms with van der Waals surface area (Å²) in [7, 11) is 1.38. The zero-order chi connectivity index (χ0) is 22.9. The second-order valence-electron chi connectivity index (χ2n) is 7.94. The molecule has 1 aliphatic carbocycles. The van der Waals surface area contributed by atoms with Crippen LogP contribution in [0.15, 0.2) is 59.1 Å². The molecule has 1 aliphatic rings. The fraction of sp³-hybridized carbons (Fsp3) is 0.192. The summed E-state index contributed by atoms with van der Waals surface area (Å²) in [6.45, 7) is 0. The number of hydrogen-bond acceptors (Lipinski definition) is 5. The Morgan fingerprint density at radius 3 is 2.70 bits per heavy atom. The normalized spacial score (nSPS) is 12.9. The van der Waals surface area contributed by atoms with Gasteiger partial charge in [0.15, 0.2) is 0 Å². The van der Waals surface area contributed by atoms with Gasteiger partial charge in [0.05, 0.1) is 29.4 Å². The number of carbonyl (C=O) groups is 2. The number of nitrogens with zero attached hydrogens (tertiary/aromatic N) is 1. The van der Waals surface area contributed by atoms with Crippen molar-refractivity contribution >= 4 is 55.0 Å². The number of halogens is 1. The summed E-state index contributed by atoms with van der Waals surface area (Å²) in [5, 5.41) is 4.34. The van der Waals surface area contributed by atoms with Gasteiger partial charge >= 0.3 is 5.97 Å². The summed E-state index contributed by atoms with van der Waals surface area (Å²) in [6, 6.07) is 17.2. The minimum absolute atomic E-state index is 0.270. The molecule has 2 aromatic carbocycles. The van der Waals surface area contributed by atoms with Crippen molar-refractivity contribution in [2.75, 3.05) is 12.4 Å². The van der Waals surface area contributed by atoms with Gasteiger partial charge in [-0.1, -0.05) is 46.3 Å². The number of fused-ring (bicyclic) bond motifs is 2. The van der Waals surface area contributed by atoms with E-state index in [9.17, 15) is 9.59 Å². The van der Waals surface area contributed by atoms with E-state index in [1.165, 1.54) is 18.4 Å². The van der Waals surface area contributed by atoms with Crippen LogP contribution in [0.25, 0.3) is 22.2 Å². The molecule has 0 saturated heterocycles. The molecule has 0 aliphatic heterocycles. The maximum atomic E-state index is 13.6.